The van der Waals surface area contributed by atoms with Gasteiger partial charge < -0.3 is 19.8 Å². The molecule has 9 heteroatoms. The van der Waals surface area contributed by atoms with Gasteiger partial charge in [-0.2, -0.15) is 5.10 Å². The van der Waals surface area contributed by atoms with Gasteiger partial charge in [-0.1, -0.05) is 54.1 Å². The largest absolute Gasteiger partial charge is 0.362 e. The highest BCUT2D eigenvalue weighted by molar-refractivity contribution is 6.07. The van der Waals surface area contributed by atoms with Crippen molar-refractivity contribution in [3.63, 3.8) is 0 Å². The molecule has 2 aromatic carbocycles. The molecule has 0 spiro atoms. The molecule has 0 aliphatic heterocycles. The Balaban J connectivity index is 1.66. The number of benzene rings is 2. The van der Waals surface area contributed by atoms with Crippen molar-refractivity contribution in [3.8, 4) is 0 Å². The van der Waals surface area contributed by atoms with E-state index in [0.717, 1.165) is 28.7 Å². The van der Waals surface area contributed by atoms with E-state index >= 15 is 0 Å². The summed E-state index contributed by atoms with van der Waals surface area (Å²) < 4.78 is 1.49. The van der Waals surface area contributed by atoms with Gasteiger partial charge in [0.15, 0.2) is 0 Å². The first-order valence-electron chi connectivity index (χ1n) is 11.7. The summed E-state index contributed by atoms with van der Waals surface area (Å²) in [7, 11) is 3.59. The van der Waals surface area contributed by atoms with Gasteiger partial charge in [-0.25, -0.2) is 0 Å². The number of amides is 1. The number of hydrogen-bond donors (Lipinski definition) is 3. The molecular formula is C28H26N6O3. The molecule has 0 saturated heterocycles. The van der Waals surface area contributed by atoms with Crippen molar-refractivity contribution in [3.05, 3.63) is 111 Å². The second kappa shape index (κ2) is 9.62. The van der Waals surface area contributed by atoms with Gasteiger partial charge >= 0.3 is 0 Å². The molecule has 1 unspecified atom stereocenters. The van der Waals surface area contributed by atoms with E-state index in [2.05, 4.69) is 20.5 Å². The number of anilines is 2. The number of nitrogens with one attached hydrogen (secondary N) is 3. The number of nitrogens with zero attached hydrogens (tertiary/aromatic N) is 3. The van der Waals surface area contributed by atoms with Crippen molar-refractivity contribution < 1.29 is 9.59 Å². The van der Waals surface area contributed by atoms with Crippen LogP contribution >= 0.6 is 0 Å². The summed E-state index contributed by atoms with van der Waals surface area (Å²) in [5, 5.41) is 9.84. The van der Waals surface area contributed by atoms with Crippen LogP contribution in [0.15, 0.2) is 78.0 Å². The Bertz CT molecular complexity index is 1650. The van der Waals surface area contributed by atoms with Crippen molar-refractivity contribution in [1.29, 1.82) is 0 Å². The Kier molecular flexibility index (Phi) is 6.19. The molecule has 0 saturated carbocycles. The SMILES string of the molecule is Cc1ccc(C(c2ccccc2C=O)N(C)c2cn(C)c(=O)c3[nH]c(C(=O)Nc4cn[nH]c4)cc23)cc1. The fraction of sp³-hybridized carbons (Fsp3) is 0.143. The third kappa shape index (κ3) is 4.42. The molecule has 3 aromatic heterocycles. The Morgan fingerprint density at radius 3 is 2.62 bits per heavy atom. The van der Waals surface area contributed by atoms with Gasteiger partial charge in [-0.15, -0.1) is 0 Å². The van der Waals surface area contributed by atoms with Crippen LogP contribution in [0.1, 0.15) is 43.6 Å². The van der Waals surface area contributed by atoms with Crippen LogP contribution in [0.5, 0.6) is 0 Å². The molecule has 0 radical (unpaired) electrons. The second-order valence-electron chi connectivity index (χ2n) is 9.01. The molecule has 1 amide bonds. The molecule has 0 fully saturated rings. The number of hydrogen-bond acceptors (Lipinski definition) is 5. The Hall–Kier alpha value is -4.92. The number of carbonyl (C=O) groups is 2. The summed E-state index contributed by atoms with van der Waals surface area (Å²) >= 11 is 0. The van der Waals surface area contributed by atoms with Crippen LogP contribution in [-0.4, -0.2) is 39.0 Å². The van der Waals surface area contributed by atoms with E-state index < -0.39 is 5.91 Å². The molecule has 9 nitrogen and oxygen atoms in total. The standard InChI is InChI=1S/C28H26N6O3/c1-17-8-10-18(11-9-17)26(21-7-5-4-6-19(21)16-35)34(3)24-15-33(2)28(37)25-22(24)12-23(32-25)27(36)31-20-13-29-30-14-20/h4-16,26,32H,1-3H3,(H,29,30)(H,31,36). The fourth-order valence-corrected chi connectivity index (χ4v) is 4.60. The van der Waals surface area contributed by atoms with E-state index in [1.165, 1.54) is 10.8 Å². The number of fused-ring (bicyclic) bond motifs is 1. The molecule has 3 heterocycles. The van der Waals surface area contributed by atoms with Crippen molar-refractivity contribution >= 4 is 34.5 Å². The van der Waals surface area contributed by atoms with Crippen LogP contribution in [0.2, 0.25) is 0 Å². The van der Waals surface area contributed by atoms with Gasteiger partial charge in [-0.3, -0.25) is 19.5 Å². The van der Waals surface area contributed by atoms with E-state index in [0.29, 0.717) is 22.2 Å². The molecule has 0 aliphatic rings. The number of rotatable bonds is 7. The van der Waals surface area contributed by atoms with Crippen molar-refractivity contribution in [2.24, 2.45) is 7.05 Å². The van der Waals surface area contributed by atoms with Gasteiger partial charge in [0.05, 0.1) is 23.6 Å². The minimum absolute atomic E-state index is 0.245. The summed E-state index contributed by atoms with van der Waals surface area (Å²) in [6, 6.07) is 17.0. The fourth-order valence-electron chi connectivity index (χ4n) is 4.60. The molecule has 3 N–H and O–H groups in total. The lowest BCUT2D eigenvalue weighted by molar-refractivity contribution is 0.102. The van der Waals surface area contributed by atoms with Crippen LogP contribution in [0.25, 0.3) is 10.9 Å². The lowest BCUT2D eigenvalue weighted by Gasteiger charge is -2.32. The van der Waals surface area contributed by atoms with Gasteiger partial charge in [0, 0.05) is 37.4 Å². The Labute approximate surface area is 212 Å². The molecule has 0 aliphatic carbocycles. The maximum absolute atomic E-state index is 13.0. The first kappa shape index (κ1) is 23.8. The average molecular weight is 495 g/mol. The minimum atomic E-state index is -0.394. The van der Waals surface area contributed by atoms with Gasteiger partial charge in [-0.05, 0) is 24.1 Å². The van der Waals surface area contributed by atoms with E-state index in [4.69, 9.17) is 0 Å². The second-order valence-corrected chi connectivity index (χ2v) is 9.01. The van der Waals surface area contributed by atoms with Crippen LogP contribution in [-0.2, 0) is 7.05 Å². The van der Waals surface area contributed by atoms with Crippen LogP contribution in [0.3, 0.4) is 0 Å². The topological polar surface area (TPSA) is 116 Å². The van der Waals surface area contributed by atoms with Gasteiger partial charge in [0.1, 0.15) is 17.5 Å². The number of aldehydes is 1. The first-order valence-corrected chi connectivity index (χ1v) is 11.7. The van der Waals surface area contributed by atoms with Gasteiger partial charge in [0.25, 0.3) is 11.5 Å². The number of carbonyl (C=O) groups excluding carboxylic acids is 2. The van der Waals surface area contributed by atoms with Crippen LogP contribution < -0.4 is 15.8 Å². The average Bonchev–Trinajstić information content (AvgIpc) is 3.58. The maximum atomic E-state index is 13.0. The predicted octanol–water partition coefficient (Wildman–Crippen LogP) is 4.19. The molecule has 37 heavy (non-hydrogen) atoms. The molecule has 5 rings (SSSR count). The zero-order valence-corrected chi connectivity index (χ0v) is 20.6. The molecule has 1 atom stereocenters. The van der Waals surface area contributed by atoms with Crippen molar-refractivity contribution in [2.45, 2.75) is 13.0 Å². The monoisotopic (exact) mass is 494 g/mol. The number of aryl methyl sites for hydroxylation is 2. The zero-order valence-electron chi connectivity index (χ0n) is 20.6. The van der Waals surface area contributed by atoms with Crippen LogP contribution in [0.4, 0.5) is 11.4 Å². The van der Waals surface area contributed by atoms with Crippen molar-refractivity contribution in [1.82, 2.24) is 19.7 Å². The highest BCUT2D eigenvalue weighted by Gasteiger charge is 2.26. The van der Waals surface area contributed by atoms with Crippen LogP contribution in [0, 0.1) is 6.92 Å². The first-order chi connectivity index (χ1) is 17.9. The quantitative estimate of drug-likeness (QED) is 0.294. The zero-order chi connectivity index (χ0) is 26.1. The normalized spacial score (nSPS) is 11.9. The van der Waals surface area contributed by atoms with Gasteiger partial charge in [0.2, 0.25) is 0 Å². The third-order valence-corrected chi connectivity index (χ3v) is 6.52. The highest BCUT2D eigenvalue weighted by atomic mass is 16.2. The van der Waals surface area contributed by atoms with E-state index in [1.807, 2.05) is 61.3 Å². The molecule has 186 valence electrons. The Morgan fingerprint density at radius 2 is 1.92 bits per heavy atom. The van der Waals surface area contributed by atoms with E-state index in [1.54, 1.807) is 31.6 Å². The minimum Gasteiger partial charge on any atom is -0.362 e. The predicted molar refractivity (Wildman–Crippen MR) is 143 cm³/mol. The third-order valence-electron chi connectivity index (χ3n) is 6.52. The number of pyridine rings is 1. The summed E-state index contributed by atoms with van der Waals surface area (Å²) in [5.41, 5.74) is 5.06. The number of H-pyrrole nitrogens is 2. The summed E-state index contributed by atoms with van der Waals surface area (Å²) in [6.07, 6.45) is 5.67. The maximum Gasteiger partial charge on any atom is 0.274 e. The lowest BCUT2D eigenvalue weighted by atomic mass is 9.92. The summed E-state index contributed by atoms with van der Waals surface area (Å²) in [4.78, 5) is 42.9. The molecule has 0 bridgehead atoms. The number of aromatic amines is 2. The lowest BCUT2D eigenvalue weighted by Crippen LogP contribution is -2.28. The van der Waals surface area contributed by atoms with E-state index in [9.17, 15) is 14.4 Å². The summed E-state index contributed by atoms with van der Waals surface area (Å²) in [6.45, 7) is 2.02. The smallest absolute Gasteiger partial charge is 0.274 e. The molecule has 5 aromatic rings. The van der Waals surface area contributed by atoms with E-state index in [-0.39, 0.29) is 17.3 Å². The number of aromatic nitrogens is 4. The Morgan fingerprint density at radius 1 is 1.16 bits per heavy atom. The van der Waals surface area contributed by atoms with Crippen molar-refractivity contribution in [2.75, 3.05) is 17.3 Å². The molecular weight excluding hydrogens is 468 g/mol. The summed E-state index contributed by atoms with van der Waals surface area (Å²) in [5.74, 6) is -0.394. The highest BCUT2D eigenvalue weighted by Crippen LogP contribution is 2.36.